The maximum atomic E-state index is 12.1. The minimum Gasteiger partial charge on any atom is -0.398 e. The first-order valence-corrected chi connectivity index (χ1v) is 7.71. The van der Waals surface area contributed by atoms with E-state index in [9.17, 15) is 8.42 Å². The van der Waals surface area contributed by atoms with Crippen molar-refractivity contribution in [2.24, 2.45) is 0 Å². The van der Waals surface area contributed by atoms with Crippen LogP contribution in [0.15, 0.2) is 39.9 Å². The van der Waals surface area contributed by atoms with Gasteiger partial charge in [-0.05, 0) is 23.6 Å². The second kappa shape index (κ2) is 4.68. The Bertz CT molecular complexity index is 601. The Morgan fingerprint density at radius 3 is 2.59 bits per heavy atom. The van der Waals surface area contributed by atoms with E-state index < -0.39 is 9.84 Å². The van der Waals surface area contributed by atoms with Crippen LogP contribution in [0.2, 0.25) is 5.02 Å². The molecule has 0 radical (unpaired) electrons. The molecule has 0 fully saturated rings. The topological polar surface area (TPSA) is 60.2 Å². The molecule has 1 aromatic carbocycles. The number of anilines is 1. The standard InChI is InChI=1S/C11H10ClNO2S2/c12-9-3-1-4-10(13)8(9)7-17(14,15)11-5-2-6-16-11/h1-6H,7,13H2. The van der Waals surface area contributed by atoms with Gasteiger partial charge in [0, 0.05) is 16.3 Å². The van der Waals surface area contributed by atoms with E-state index in [1.165, 1.54) is 11.3 Å². The summed E-state index contributed by atoms with van der Waals surface area (Å²) in [6.07, 6.45) is 0. The monoisotopic (exact) mass is 287 g/mol. The molecule has 1 aromatic heterocycles. The molecule has 0 bridgehead atoms. The van der Waals surface area contributed by atoms with E-state index in [1.54, 1.807) is 35.7 Å². The van der Waals surface area contributed by atoms with Crippen molar-refractivity contribution in [3.8, 4) is 0 Å². The third-order valence-corrected chi connectivity index (χ3v) is 5.78. The fraction of sp³-hybridized carbons (Fsp3) is 0.0909. The number of halogens is 1. The molecule has 0 unspecified atom stereocenters. The number of rotatable bonds is 3. The van der Waals surface area contributed by atoms with Crippen molar-refractivity contribution in [2.45, 2.75) is 9.96 Å². The molecular formula is C11H10ClNO2S2. The third-order valence-electron chi connectivity index (χ3n) is 2.29. The molecule has 0 aliphatic rings. The summed E-state index contributed by atoms with van der Waals surface area (Å²) in [5, 5.41) is 2.10. The summed E-state index contributed by atoms with van der Waals surface area (Å²) in [6, 6.07) is 8.25. The van der Waals surface area contributed by atoms with Gasteiger partial charge in [0.15, 0.2) is 9.84 Å². The molecule has 1 heterocycles. The lowest BCUT2D eigenvalue weighted by Crippen LogP contribution is -2.06. The molecule has 17 heavy (non-hydrogen) atoms. The molecule has 6 heteroatoms. The number of nitrogen functional groups attached to an aromatic ring is 1. The third kappa shape index (κ3) is 2.62. The fourth-order valence-corrected chi connectivity index (χ4v) is 4.27. The second-order valence-electron chi connectivity index (χ2n) is 3.50. The van der Waals surface area contributed by atoms with Crippen molar-refractivity contribution in [3.63, 3.8) is 0 Å². The van der Waals surface area contributed by atoms with Gasteiger partial charge in [0.05, 0.1) is 5.75 Å². The molecule has 0 atom stereocenters. The van der Waals surface area contributed by atoms with E-state index in [-0.39, 0.29) is 5.75 Å². The second-order valence-corrected chi connectivity index (χ2v) is 7.07. The Labute approximate surface area is 109 Å². The summed E-state index contributed by atoms with van der Waals surface area (Å²) in [5.41, 5.74) is 6.60. The molecular weight excluding hydrogens is 278 g/mol. The Morgan fingerprint density at radius 1 is 1.24 bits per heavy atom. The predicted octanol–water partition coefficient (Wildman–Crippen LogP) is 2.96. The SMILES string of the molecule is Nc1cccc(Cl)c1CS(=O)(=O)c1cccs1. The van der Waals surface area contributed by atoms with Crippen molar-refractivity contribution < 1.29 is 8.42 Å². The van der Waals surface area contributed by atoms with E-state index in [0.29, 0.717) is 20.5 Å². The number of benzene rings is 1. The highest BCUT2D eigenvalue weighted by molar-refractivity contribution is 7.92. The Kier molecular flexibility index (Phi) is 3.42. The smallest absolute Gasteiger partial charge is 0.192 e. The molecule has 0 saturated carbocycles. The number of hydrogen-bond donors (Lipinski definition) is 1. The zero-order chi connectivity index (χ0) is 12.5. The van der Waals surface area contributed by atoms with Crippen molar-refractivity contribution in [3.05, 3.63) is 46.3 Å². The summed E-state index contributed by atoms with van der Waals surface area (Å²) < 4.78 is 24.5. The lowest BCUT2D eigenvalue weighted by molar-refractivity contribution is 0.597. The summed E-state index contributed by atoms with van der Waals surface area (Å²) >= 11 is 7.14. The van der Waals surface area contributed by atoms with Gasteiger partial charge in [-0.2, -0.15) is 0 Å². The highest BCUT2D eigenvalue weighted by atomic mass is 35.5. The number of hydrogen-bond acceptors (Lipinski definition) is 4. The van der Waals surface area contributed by atoms with E-state index in [1.807, 2.05) is 0 Å². The van der Waals surface area contributed by atoms with Crippen LogP contribution in [-0.2, 0) is 15.6 Å². The van der Waals surface area contributed by atoms with E-state index in [2.05, 4.69) is 0 Å². The first-order valence-electron chi connectivity index (χ1n) is 4.80. The minimum atomic E-state index is -3.36. The van der Waals surface area contributed by atoms with Crippen LogP contribution in [0.25, 0.3) is 0 Å². The molecule has 2 rings (SSSR count). The van der Waals surface area contributed by atoms with Gasteiger partial charge in [0.1, 0.15) is 4.21 Å². The number of sulfone groups is 1. The maximum Gasteiger partial charge on any atom is 0.192 e. The summed E-state index contributed by atoms with van der Waals surface area (Å²) in [6.45, 7) is 0. The minimum absolute atomic E-state index is 0.168. The molecule has 0 amide bonds. The first kappa shape index (κ1) is 12.4. The Balaban J connectivity index is 2.40. The zero-order valence-corrected chi connectivity index (χ0v) is 11.1. The average molecular weight is 288 g/mol. The van der Waals surface area contributed by atoms with Crippen LogP contribution in [0.4, 0.5) is 5.69 Å². The normalized spacial score (nSPS) is 11.6. The Hall–Kier alpha value is -1.04. The van der Waals surface area contributed by atoms with E-state index in [4.69, 9.17) is 17.3 Å². The van der Waals surface area contributed by atoms with Crippen LogP contribution in [0, 0.1) is 0 Å². The molecule has 0 aliphatic carbocycles. The highest BCUT2D eigenvalue weighted by Crippen LogP contribution is 2.28. The average Bonchev–Trinajstić information content (AvgIpc) is 2.77. The van der Waals surface area contributed by atoms with Crippen LogP contribution in [0.5, 0.6) is 0 Å². The lowest BCUT2D eigenvalue weighted by atomic mass is 10.2. The lowest BCUT2D eigenvalue weighted by Gasteiger charge is -2.07. The first-order chi connectivity index (χ1) is 8.00. The van der Waals surface area contributed by atoms with Crippen molar-refractivity contribution >= 4 is 38.5 Å². The van der Waals surface area contributed by atoms with Crippen LogP contribution in [-0.4, -0.2) is 8.42 Å². The largest absolute Gasteiger partial charge is 0.398 e. The molecule has 0 aliphatic heterocycles. The van der Waals surface area contributed by atoms with Gasteiger partial charge in [-0.1, -0.05) is 23.7 Å². The van der Waals surface area contributed by atoms with Crippen molar-refractivity contribution in [2.75, 3.05) is 5.73 Å². The van der Waals surface area contributed by atoms with Gasteiger partial charge in [0.2, 0.25) is 0 Å². The quantitative estimate of drug-likeness (QED) is 0.883. The van der Waals surface area contributed by atoms with Crippen molar-refractivity contribution in [1.82, 2.24) is 0 Å². The van der Waals surface area contributed by atoms with Crippen LogP contribution >= 0.6 is 22.9 Å². The van der Waals surface area contributed by atoms with Crippen LogP contribution < -0.4 is 5.73 Å². The van der Waals surface area contributed by atoms with E-state index >= 15 is 0 Å². The maximum absolute atomic E-state index is 12.1. The highest BCUT2D eigenvalue weighted by Gasteiger charge is 2.19. The zero-order valence-electron chi connectivity index (χ0n) is 8.76. The molecule has 3 nitrogen and oxygen atoms in total. The number of thiophene rings is 1. The van der Waals surface area contributed by atoms with Crippen LogP contribution in [0.3, 0.4) is 0 Å². The summed E-state index contributed by atoms with van der Waals surface area (Å²) in [4.78, 5) is 0. The number of nitrogens with two attached hydrogens (primary N) is 1. The van der Waals surface area contributed by atoms with Gasteiger partial charge >= 0.3 is 0 Å². The summed E-state index contributed by atoms with van der Waals surface area (Å²) in [5.74, 6) is -0.168. The predicted molar refractivity (Wildman–Crippen MR) is 71.1 cm³/mol. The molecule has 2 N–H and O–H groups in total. The molecule has 0 saturated heterocycles. The van der Waals surface area contributed by atoms with Gasteiger partial charge in [0.25, 0.3) is 0 Å². The molecule has 0 spiro atoms. The molecule has 2 aromatic rings. The van der Waals surface area contributed by atoms with Crippen molar-refractivity contribution in [1.29, 1.82) is 0 Å². The molecule has 90 valence electrons. The fourth-order valence-electron chi connectivity index (χ4n) is 1.43. The Morgan fingerprint density at radius 2 is 2.00 bits per heavy atom. The van der Waals surface area contributed by atoms with E-state index in [0.717, 1.165) is 0 Å². The van der Waals surface area contributed by atoms with Gasteiger partial charge in [-0.3, -0.25) is 0 Å². The van der Waals surface area contributed by atoms with Gasteiger partial charge < -0.3 is 5.73 Å². The van der Waals surface area contributed by atoms with Gasteiger partial charge in [-0.15, -0.1) is 11.3 Å². The summed E-state index contributed by atoms with van der Waals surface area (Å²) in [7, 11) is -3.36. The van der Waals surface area contributed by atoms with Crippen LogP contribution in [0.1, 0.15) is 5.56 Å². The van der Waals surface area contributed by atoms with Gasteiger partial charge in [-0.25, -0.2) is 8.42 Å².